The van der Waals surface area contributed by atoms with Crippen molar-refractivity contribution < 1.29 is 0 Å². The molecule has 0 radical (unpaired) electrons. The Labute approximate surface area is 239 Å². The highest BCUT2D eigenvalue weighted by Crippen LogP contribution is 2.23. The lowest BCUT2D eigenvalue weighted by Gasteiger charge is -2.17. The first kappa shape index (κ1) is 30.6. The molecule has 0 atom stereocenters. The average Bonchev–Trinajstić information content (AvgIpc) is 3.60. The molecule has 0 aromatic carbocycles. The number of fused-ring (bicyclic) bond motifs is 3. The molecule has 6 aromatic rings. The summed E-state index contributed by atoms with van der Waals surface area (Å²) in [6.45, 7) is 19.6. The van der Waals surface area contributed by atoms with E-state index in [-0.39, 0.29) is 23.7 Å². The van der Waals surface area contributed by atoms with Crippen LogP contribution in [-0.2, 0) is 16.2 Å². The highest BCUT2D eigenvalue weighted by molar-refractivity contribution is 5.46. The van der Waals surface area contributed by atoms with Crippen LogP contribution in [0.25, 0.3) is 16.8 Å². The van der Waals surface area contributed by atoms with E-state index in [1.165, 1.54) is 5.69 Å². The molecule has 0 unspecified atom stereocenters. The van der Waals surface area contributed by atoms with E-state index in [0.29, 0.717) is 0 Å². The van der Waals surface area contributed by atoms with Gasteiger partial charge in [-0.1, -0.05) is 87.9 Å². The Morgan fingerprint density at radius 1 is 0.575 bits per heavy atom. The van der Waals surface area contributed by atoms with Crippen LogP contribution in [0, 0.1) is 0 Å². The van der Waals surface area contributed by atoms with E-state index in [9.17, 15) is 0 Å². The summed E-state index contributed by atoms with van der Waals surface area (Å²) >= 11 is 0. The number of pyridine rings is 3. The van der Waals surface area contributed by atoms with Gasteiger partial charge in [0.05, 0.1) is 17.4 Å². The standard InChI is InChI=1S/3C11H14N2.CH4/c1-11(2,3)9-8-13-7-5-4-6-10(13)12-9;1-11(2,3)9-8-12-10-6-4-5-7-13(9)10;1-11(2,3)10-12-8-9-6-4-5-7-13(9)10;/h3*4-8H,1-3H3;1H4. The van der Waals surface area contributed by atoms with Crippen molar-refractivity contribution in [3.8, 4) is 0 Å². The van der Waals surface area contributed by atoms with E-state index in [4.69, 9.17) is 0 Å². The van der Waals surface area contributed by atoms with Crippen LogP contribution in [0.1, 0.15) is 87.0 Å². The Kier molecular flexibility index (Phi) is 8.93. The van der Waals surface area contributed by atoms with Crippen molar-refractivity contribution in [1.29, 1.82) is 0 Å². The van der Waals surface area contributed by atoms with Crippen LogP contribution in [0.3, 0.4) is 0 Å². The second kappa shape index (κ2) is 11.7. The molecule has 6 nitrogen and oxygen atoms in total. The molecule has 0 saturated carbocycles. The minimum absolute atomic E-state index is 0. The van der Waals surface area contributed by atoms with E-state index in [1.807, 2.05) is 67.1 Å². The molecule has 0 aliphatic carbocycles. The molecule has 0 N–H and O–H groups in total. The maximum atomic E-state index is 4.55. The van der Waals surface area contributed by atoms with Crippen molar-refractivity contribution in [3.63, 3.8) is 0 Å². The van der Waals surface area contributed by atoms with E-state index < -0.39 is 0 Å². The Hall–Kier alpha value is -3.93. The summed E-state index contributed by atoms with van der Waals surface area (Å²) in [4.78, 5) is 13.3. The maximum absolute atomic E-state index is 4.55. The van der Waals surface area contributed by atoms with Crippen LogP contribution in [0.15, 0.2) is 91.8 Å². The van der Waals surface area contributed by atoms with Crippen LogP contribution in [0.2, 0.25) is 0 Å². The summed E-state index contributed by atoms with van der Waals surface area (Å²) in [7, 11) is 0. The molecule has 40 heavy (non-hydrogen) atoms. The molecule has 0 aliphatic rings. The third-order valence-corrected chi connectivity index (χ3v) is 6.43. The van der Waals surface area contributed by atoms with Crippen LogP contribution < -0.4 is 0 Å². The summed E-state index contributed by atoms with van der Waals surface area (Å²) < 4.78 is 6.33. The molecule has 0 spiro atoms. The molecule has 6 heteroatoms. The van der Waals surface area contributed by atoms with Crippen molar-refractivity contribution in [2.24, 2.45) is 0 Å². The molecule has 0 bridgehead atoms. The maximum Gasteiger partial charge on any atom is 0.136 e. The Morgan fingerprint density at radius 2 is 1.18 bits per heavy atom. The zero-order valence-electron chi connectivity index (χ0n) is 24.8. The van der Waals surface area contributed by atoms with Gasteiger partial charge in [-0.05, 0) is 36.4 Å². The van der Waals surface area contributed by atoms with Gasteiger partial charge in [0.25, 0.3) is 0 Å². The molecule has 6 rings (SSSR count). The lowest BCUT2D eigenvalue weighted by Crippen LogP contribution is -2.15. The third-order valence-electron chi connectivity index (χ3n) is 6.43. The van der Waals surface area contributed by atoms with Crippen LogP contribution in [0.4, 0.5) is 0 Å². The second-order valence-electron chi connectivity index (χ2n) is 13.0. The largest absolute Gasteiger partial charge is 0.307 e. The topological polar surface area (TPSA) is 51.9 Å². The smallest absolute Gasteiger partial charge is 0.136 e. The molecule has 6 heterocycles. The molecule has 0 amide bonds. The van der Waals surface area contributed by atoms with Gasteiger partial charge in [0.2, 0.25) is 0 Å². The molecule has 0 fully saturated rings. The minimum atomic E-state index is 0. The summed E-state index contributed by atoms with van der Waals surface area (Å²) in [5.74, 6) is 1.11. The normalized spacial score (nSPS) is 11.9. The molecule has 6 aromatic heterocycles. The zero-order chi connectivity index (χ0) is 28.4. The average molecular weight is 539 g/mol. The highest BCUT2D eigenvalue weighted by Gasteiger charge is 2.19. The lowest BCUT2D eigenvalue weighted by atomic mass is 9.93. The summed E-state index contributed by atoms with van der Waals surface area (Å²) in [6, 6.07) is 18.2. The predicted octanol–water partition coefficient (Wildman–Crippen LogP) is 8.53. The number of rotatable bonds is 0. The predicted molar refractivity (Wildman–Crippen MR) is 168 cm³/mol. The van der Waals surface area contributed by atoms with Gasteiger partial charge in [0.1, 0.15) is 17.1 Å². The Balaban J connectivity index is 0.000000163. The summed E-state index contributed by atoms with van der Waals surface area (Å²) in [5, 5.41) is 0. The molecular weight excluding hydrogens is 492 g/mol. The number of hydrogen-bond acceptors (Lipinski definition) is 3. The monoisotopic (exact) mass is 538 g/mol. The van der Waals surface area contributed by atoms with Gasteiger partial charge in [-0.2, -0.15) is 0 Å². The first-order chi connectivity index (χ1) is 18.2. The molecule has 0 saturated heterocycles. The number of hydrogen-bond donors (Lipinski definition) is 0. The quantitative estimate of drug-likeness (QED) is 0.195. The van der Waals surface area contributed by atoms with E-state index in [2.05, 4.69) is 115 Å². The summed E-state index contributed by atoms with van der Waals surface area (Å²) in [6.07, 6.45) is 12.1. The Bertz CT molecular complexity index is 1530. The van der Waals surface area contributed by atoms with E-state index in [0.717, 1.165) is 28.3 Å². The van der Waals surface area contributed by atoms with Crippen LogP contribution in [-0.4, -0.2) is 28.2 Å². The third kappa shape index (κ3) is 6.98. The first-order valence-corrected chi connectivity index (χ1v) is 13.5. The van der Waals surface area contributed by atoms with Crippen molar-refractivity contribution in [2.45, 2.75) is 86.0 Å². The van der Waals surface area contributed by atoms with Crippen molar-refractivity contribution >= 4 is 16.8 Å². The van der Waals surface area contributed by atoms with Gasteiger partial charge < -0.3 is 13.2 Å². The Morgan fingerprint density at radius 3 is 1.77 bits per heavy atom. The first-order valence-electron chi connectivity index (χ1n) is 13.5. The van der Waals surface area contributed by atoms with Gasteiger partial charge in [0.15, 0.2) is 0 Å². The highest BCUT2D eigenvalue weighted by atomic mass is 15.0. The number of aromatic nitrogens is 6. The lowest BCUT2D eigenvalue weighted by molar-refractivity contribution is 0.543. The number of nitrogens with zero attached hydrogens (tertiary/aromatic N) is 6. The van der Waals surface area contributed by atoms with Gasteiger partial charge >= 0.3 is 0 Å². The fourth-order valence-corrected chi connectivity index (χ4v) is 4.28. The molecule has 0 aliphatic heterocycles. The fraction of sp³-hybridized carbons (Fsp3) is 0.382. The molecule has 212 valence electrons. The van der Waals surface area contributed by atoms with Crippen molar-refractivity contribution in [1.82, 2.24) is 28.2 Å². The van der Waals surface area contributed by atoms with Crippen molar-refractivity contribution in [2.75, 3.05) is 0 Å². The van der Waals surface area contributed by atoms with Gasteiger partial charge in [-0.15, -0.1) is 0 Å². The van der Waals surface area contributed by atoms with Gasteiger partial charge in [-0.25, -0.2) is 15.0 Å². The minimum Gasteiger partial charge on any atom is -0.307 e. The summed E-state index contributed by atoms with van der Waals surface area (Å²) in [5.41, 5.74) is 5.98. The van der Waals surface area contributed by atoms with E-state index >= 15 is 0 Å². The van der Waals surface area contributed by atoms with Crippen LogP contribution in [0.5, 0.6) is 0 Å². The van der Waals surface area contributed by atoms with E-state index in [1.54, 1.807) is 0 Å². The SMILES string of the molecule is C.CC(C)(C)c1cn2ccccc2n1.CC(C)(C)c1cnc2ccccn12.CC(C)(C)c1ncc2ccccn12. The van der Waals surface area contributed by atoms with Crippen LogP contribution >= 0.6 is 0 Å². The van der Waals surface area contributed by atoms with Gasteiger partial charge in [0, 0.05) is 52.9 Å². The fourth-order valence-electron chi connectivity index (χ4n) is 4.28. The molecular formula is C34H46N6. The van der Waals surface area contributed by atoms with Crippen molar-refractivity contribution in [3.05, 3.63) is 109 Å². The number of imidazole rings is 3. The van der Waals surface area contributed by atoms with Gasteiger partial charge in [-0.3, -0.25) is 0 Å². The second-order valence-corrected chi connectivity index (χ2v) is 13.0. The zero-order valence-corrected chi connectivity index (χ0v) is 24.8.